The number of hydrogen-bond donors (Lipinski definition) is 0. The molecule has 14 heavy (non-hydrogen) atoms. The van der Waals surface area contributed by atoms with Gasteiger partial charge in [-0.1, -0.05) is 16.0 Å². The Morgan fingerprint density at radius 1 is 1.36 bits per heavy atom. The van der Waals surface area contributed by atoms with Crippen LogP contribution in [0.4, 0.5) is 3.89 Å². The first-order valence-electron chi connectivity index (χ1n) is 3.63. The second-order valence-electron chi connectivity index (χ2n) is 2.37. The zero-order valence-electron chi connectivity index (χ0n) is 7.32. The maximum Gasteiger partial charge on any atom is 0.373 e. The number of hydrogen-bond acceptors (Lipinski definition) is 3. The van der Waals surface area contributed by atoms with Gasteiger partial charge in [-0.2, -0.15) is 8.42 Å². The molecule has 0 saturated carbocycles. The third-order valence-corrected chi connectivity index (χ3v) is 1.76. The molecule has 0 saturated heterocycles. The largest absolute Gasteiger partial charge is 0.495 e. The van der Waals surface area contributed by atoms with Crippen LogP contribution in [0.2, 0.25) is 0 Å². The van der Waals surface area contributed by atoms with E-state index in [1.165, 1.54) is 18.4 Å². The Morgan fingerprint density at radius 3 is 2.57 bits per heavy atom. The van der Waals surface area contributed by atoms with Gasteiger partial charge in [-0.3, -0.25) is 0 Å². The van der Waals surface area contributed by atoms with Gasteiger partial charge in [-0.25, -0.2) is 0 Å². The van der Waals surface area contributed by atoms with Crippen molar-refractivity contribution in [2.24, 2.45) is 0 Å². The quantitative estimate of drug-likeness (QED) is 0.523. The molecule has 0 unspecified atom stereocenters. The maximum atomic E-state index is 12.1. The standard InChI is InChI=1S/C9H7FO3S/c1-13-9-5-3-2-4-8(9)6-7-14(10,11)12/h2-5H,1H3. The summed E-state index contributed by atoms with van der Waals surface area (Å²) in [5.41, 5.74) is 0.330. The molecule has 1 aromatic carbocycles. The first kappa shape index (κ1) is 10.5. The predicted molar refractivity (Wildman–Crippen MR) is 49.9 cm³/mol. The molecule has 0 spiro atoms. The summed E-state index contributed by atoms with van der Waals surface area (Å²) in [5, 5.41) is 1.49. The minimum atomic E-state index is -4.76. The lowest BCUT2D eigenvalue weighted by molar-refractivity contribution is 0.413. The third-order valence-electron chi connectivity index (χ3n) is 1.41. The smallest absolute Gasteiger partial charge is 0.373 e. The molecule has 0 radical (unpaired) electrons. The van der Waals surface area contributed by atoms with Crippen molar-refractivity contribution in [3.63, 3.8) is 0 Å². The molecule has 0 amide bonds. The van der Waals surface area contributed by atoms with E-state index >= 15 is 0 Å². The molecular formula is C9H7FO3S. The molecule has 5 heteroatoms. The molecule has 0 atom stereocenters. The van der Waals surface area contributed by atoms with Gasteiger partial charge in [0.2, 0.25) is 0 Å². The van der Waals surface area contributed by atoms with E-state index in [4.69, 9.17) is 4.74 Å². The van der Waals surface area contributed by atoms with Crippen molar-refractivity contribution >= 4 is 10.2 Å². The number of methoxy groups -OCH3 is 1. The van der Waals surface area contributed by atoms with E-state index in [0.29, 0.717) is 11.3 Å². The average molecular weight is 214 g/mol. The van der Waals surface area contributed by atoms with Gasteiger partial charge in [0.05, 0.1) is 17.9 Å². The fourth-order valence-electron chi connectivity index (χ4n) is 0.864. The van der Waals surface area contributed by atoms with Crippen LogP contribution in [0.5, 0.6) is 5.75 Å². The van der Waals surface area contributed by atoms with Gasteiger partial charge in [-0.15, -0.1) is 0 Å². The van der Waals surface area contributed by atoms with Crippen LogP contribution in [-0.2, 0) is 10.2 Å². The Hall–Kier alpha value is -1.54. The SMILES string of the molecule is COc1ccccc1C#CS(=O)(=O)F. The Morgan fingerprint density at radius 2 is 2.00 bits per heavy atom. The highest BCUT2D eigenvalue weighted by molar-refractivity contribution is 7.91. The molecule has 0 bridgehead atoms. The van der Waals surface area contributed by atoms with E-state index < -0.39 is 10.2 Å². The van der Waals surface area contributed by atoms with Gasteiger partial charge in [0.25, 0.3) is 0 Å². The van der Waals surface area contributed by atoms with Crippen LogP contribution in [0, 0.1) is 11.2 Å². The number of benzene rings is 1. The normalized spacial score (nSPS) is 10.1. The van der Waals surface area contributed by atoms with Crippen LogP contribution in [0.25, 0.3) is 0 Å². The van der Waals surface area contributed by atoms with Crippen molar-refractivity contribution in [1.82, 2.24) is 0 Å². The van der Waals surface area contributed by atoms with E-state index in [1.807, 2.05) is 0 Å². The van der Waals surface area contributed by atoms with Crippen molar-refractivity contribution < 1.29 is 17.0 Å². The maximum absolute atomic E-state index is 12.1. The third kappa shape index (κ3) is 3.07. The molecule has 0 aromatic heterocycles. The van der Waals surface area contributed by atoms with Crippen LogP contribution in [0.15, 0.2) is 24.3 Å². The first-order valence-corrected chi connectivity index (χ1v) is 5.02. The lowest BCUT2D eigenvalue weighted by Crippen LogP contribution is -1.88. The summed E-state index contributed by atoms with van der Waals surface area (Å²) >= 11 is 0. The fourth-order valence-corrected chi connectivity index (χ4v) is 1.10. The van der Waals surface area contributed by atoms with E-state index in [0.717, 1.165) is 0 Å². The van der Waals surface area contributed by atoms with E-state index in [2.05, 4.69) is 5.92 Å². The van der Waals surface area contributed by atoms with Crippen molar-refractivity contribution in [2.45, 2.75) is 0 Å². The second kappa shape index (κ2) is 4.11. The Bertz CT molecular complexity index is 482. The van der Waals surface area contributed by atoms with Crippen LogP contribution in [-0.4, -0.2) is 15.5 Å². The monoisotopic (exact) mass is 214 g/mol. The highest BCUT2D eigenvalue weighted by Crippen LogP contribution is 2.15. The highest BCUT2D eigenvalue weighted by Gasteiger charge is 2.01. The summed E-state index contributed by atoms with van der Waals surface area (Å²) < 4.78 is 37.2. The van der Waals surface area contributed by atoms with Crippen LogP contribution < -0.4 is 4.74 Å². The van der Waals surface area contributed by atoms with E-state index in [9.17, 15) is 12.3 Å². The lowest BCUT2D eigenvalue weighted by Gasteiger charge is -2.00. The number of para-hydroxylation sites is 1. The zero-order chi connectivity index (χ0) is 10.6. The van der Waals surface area contributed by atoms with E-state index in [1.54, 1.807) is 18.2 Å². The molecule has 0 aliphatic heterocycles. The first-order chi connectivity index (χ1) is 6.53. The van der Waals surface area contributed by atoms with Crippen molar-refractivity contribution in [3.05, 3.63) is 29.8 Å². The molecule has 0 aliphatic carbocycles. The Labute approximate surface area is 81.7 Å². The molecule has 1 aromatic rings. The number of rotatable bonds is 1. The molecule has 74 valence electrons. The van der Waals surface area contributed by atoms with Crippen molar-refractivity contribution in [1.29, 1.82) is 0 Å². The second-order valence-corrected chi connectivity index (χ2v) is 3.45. The zero-order valence-corrected chi connectivity index (χ0v) is 8.14. The molecule has 1 rings (SSSR count). The molecule has 0 heterocycles. The predicted octanol–water partition coefficient (Wildman–Crippen LogP) is 1.30. The molecular weight excluding hydrogens is 207 g/mol. The number of halogens is 1. The van der Waals surface area contributed by atoms with Gasteiger partial charge in [0, 0.05) is 0 Å². The summed E-state index contributed by atoms with van der Waals surface area (Å²) in [6, 6.07) is 6.50. The topological polar surface area (TPSA) is 43.4 Å². The van der Waals surface area contributed by atoms with Crippen molar-refractivity contribution in [2.75, 3.05) is 7.11 Å². The molecule has 0 N–H and O–H groups in total. The van der Waals surface area contributed by atoms with Gasteiger partial charge < -0.3 is 4.74 Å². The average Bonchev–Trinajstić information content (AvgIpc) is 2.14. The summed E-state index contributed by atoms with van der Waals surface area (Å²) in [6.07, 6.45) is 0. The van der Waals surface area contributed by atoms with Gasteiger partial charge in [0.15, 0.2) is 0 Å². The summed E-state index contributed by atoms with van der Waals surface area (Å²) in [5.74, 6) is 2.57. The van der Waals surface area contributed by atoms with Crippen LogP contribution in [0.1, 0.15) is 5.56 Å². The lowest BCUT2D eigenvalue weighted by atomic mass is 10.2. The summed E-state index contributed by atoms with van der Waals surface area (Å²) in [6.45, 7) is 0. The van der Waals surface area contributed by atoms with Crippen molar-refractivity contribution in [3.8, 4) is 16.9 Å². The number of ether oxygens (including phenoxy) is 1. The highest BCUT2D eigenvalue weighted by atomic mass is 32.3. The van der Waals surface area contributed by atoms with E-state index in [-0.39, 0.29) is 0 Å². The Balaban J connectivity index is 3.13. The Kier molecular flexibility index (Phi) is 3.10. The molecule has 0 aliphatic rings. The molecule has 0 fully saturated rings. The minimum absolute atomic E-state index is 0.330. The molecule has 3 nitrogen and oxygen atoms in total. The summed E-state index contributed by atoms with van der Waals surface area (Å²) in [7, 11) is -3.34. The van der Waals surface area contributed by atoms with Gasteiger partial charge in [0.1, 0.15) is 5.75 Å². The fraction of sp³-hybridized carbons (Fsp3) is 0.111. The van der Waals surface area contributed by atoms with Gasteiger partial charge in [-0.05, 0) is 18.1 Å². The summed E-state index contributed by atoms with van der Waals surface area (Å²) in [4.78, 5) is 0. The van der Waals surface area contributed by atoms with Gasteiger partial charge >= 0.3 is 10.2 Å². The van der Waals surface area contributed by atoms with Crippen LogP contribution >= 0.6 is 0 Å². The minimum Gasteiger partial charge on any atom is -0.495 e. The van der Waals surface area contributed by atoms with Crippen LogP contribution in [0.3, 0.4) is 0 Å².